The van der Waals surface area contributed by atoms with Gasteiger partial charge in [0.25, 0.3) is 17.7 Å². The zero-order valence-electron chi connectivity index (χ0n) is 17.5. The smallest absolute Gasteiger partial charge is 0.263 e. The largest absolute Gasteiger partial charge is 0.497 e. The maximum atomic E-state index is 13.6. The lowest BCUT2D eigenvalue weighted by Gasteiger charge is -2.34. The molecule has 31 heavy (non-hydrogen) atoms. The Balaban J connectivity index is 1.79. The maximum Gasteiger partial charge on any atom is 0.263 e. The van der Waals surface area contributed by atoms with Gasteiger partial charge in [0, 0.05) is 11.3 Å². The summed E-state index contributed by atoms with van der Waals surface area (Å²) in [5.41, 5.74) is 2.63. The number of hydrogen-bond donors (Lipinski definition) is 0. The van der Waals surface area contributed by atoms with E-state index in [1.54, 1.807) is 61.5 Å². The summed E-state index contributed by atoms with van der Waals surface area (Å²) in [5, 5.41) is 0. The van der Waals surface area contributed by atoms with Crippen molar-refractivity contribution < 1.29 is 19.1 Å². The highest BCUT2D eigenvalue weighted by molar-refractivity contribution is 6.22. The van der Waals surface area contributed by atoms with Gasteiger partial charge in [0.2, 0.25) is 0 Å². The van der Waals surface area contributed by atoms with Crippen LogP contribution in [0.2, 0.25) is 0 Å². The van der Waals surface area contributed by atoms with Crippen LogP contribution in [0.25, 0.3) is 0 Å². The molecule has 3 aromatic rings. The van der Waals surface area contributed by atoms with Crippen LogP contribution in [-0.4, -0.2) is 35.9 Å². The van der Waals surface area contributed by atoms with E-state index in [1.807, 2.05) is 25.1 Å². The molecule has 3 aromatic carbocycles. The average molecular weight is 414 g/mol. The van der Waals surface area contributed by atoms with Gasteiger partial charge < -0.3 is 4.74 Å². The number of fused-ring (bicyclic) bond motifs is 1. The molecule has 0 bridgehead atoms. The van der Waals surface area contributed by atoms with Gasteiger partial charge in [-0.05, 0) is 61.9 Å². The second kappa shape index (κ2) is 8.07. The number of amides is 3. The number of benzene rings is 3. The summed E-state index contributed by atoms with van der Waals surface area (Å²) in [6.07, 6.45) is -0.840. The lowest BCUT2D eigenvalue weighted by Crippen LogP contribution is -2.52. The van der Waals surface area contributed by atoms with E-state index < -0.39 is 18.0 Å². The van der Waals surface area contributed by atoms with Crippen molar-refractivity contribution in [1.29, 1.82) is 0 Å². The number of rotatable bonds is 5. The molecule has 6 nitrogen and oxygen atoms in total. The Kier molecular flexibility index (Phi) is 5.29. The minimum atomic E-state index is -0.840. The first-order chi connectivity index (χ1) is 14.9. The van der Waals surface area contributed by atoms with Gasteiger partial charge in [0.1, 0.15) is 11.9 Å². The van der Waals surface area contributed by atoms with E-state index in [1.165, 1.54) is 12.0 Å². The molecule has 3 amide bonds. The van der Waals surface area contributed by atoms with Crippen LogP contribution in [0.15, 0.2) is 72.8 Å². The first-order valence-electron chi connectivity index (χ1n) is 9.93. The predicted molar refractivity (Wildman–Crippen MR) is 117 cm³/mol. The van der Waals surface area contributed by atoms with E-state index in [2.05, 4.69) is 0 Å². The Hall–Kier alpha value is -3.93. The molecule has 1 aliphatic heterocycles. The first kappa shape index (κ1) is 20.3. The monoisotopic (exact) mass is 414 g/mol. The van der Waals surface area contributed by atoms with Crippen molar-refractivity contribution in [2.45, 2.75) is 20.0 Å². The van der Waals surface area contributed by atoms with Crippen LogP contribution < -0.4 is 9.64 Å². The number of ether oxygens (including phenoxy) is 1. The Morgan fingerprint density at radius 2 is 1.55 bits per heavy atom. The summed E-state index contributed by atoms with van der Waals surface area (Å²) in [4.78, 5) is 42.4. The number of nitrogens with zero attached hydrogens (tertiary/aromatic N) is 2. The summed E-state index contributed by atoms with van der Waals surface area (Å²) in [7, 11) is 1.53. The first-order valence-corrected chi connectivity index (χ1v) is 9.93. The zero-order chi connectivity index (χ0) is 22.1. The number of hydrogen-bond acceptors (Lipinski definition) is 4. The molecule has 0 spiro atoms. The average Bonchev–Trinajstić information content (AvgIpc) is 3.04. The Labute approximate surface area is 180 Å². The van der Waals surface area contributed by atoms with Crippen molar-refractivity contribution >= 4 is 23.4 Å². The molecule has 1 aliphatic rings. The Morgan fingerprint density at radius 1 is 0.903 bits per heavy atom. The summed E-state index contributed by atoms with van der Waals surface area (Å²) in [6.45, 7) is 3.60. The van der Waals surface area contributed by atoms with Crippen molar-refractivity contribution in [3.63, 3.8) is 0 Å². The minimum Gasteiger partial charge on any atom is -0.497 e. The quantitative estimate of drug-likeness (QED) is 0.584. The van der Waals surface area contributed by atoms with Gasteiger partial charge in [-0.1, -0.05) is 30.3 Å². The van der Waals surface area contributed by atoms with Gasteiger partial charge in [-0.2, -0.15) is 0 Å². The number of imide groups is 1. The molecule has 6 heteroatoms. The van der Waals surface area contributed by atoms with E-state index >= 15 is 0 Å². The molecule has 0 radical (unpaired) electrons. The topological polar surface area (TPSA) is 66.9 Å². The number of carbonyl (C=O) groups is 3. The fourth-order valence-electron chi connectivity index (χ4n) is 3.84. The molecule has 0 aliphatic carbocycles. The van der Waals surface area contributed by atoms with E-state index in [9.17, 15) is 14.4 Å². The normalized spacial score (nSPS) is 13.7. The summed E-state index contributed by atoms with van der Waals surface area (Å²) in [5.74, 6) is -0.620. The molecule has 0 aromatic heterocycles. The summed E-state index contributed by atoms with van der Waals surface area (Å²) in [6, 6.07) is 20.9. The number of methoxy groups -OCH3 is 1. The third kappa shape index (κ3) is 3.57. The van der Waals surface area contributed by atoms with E-state index in [0.717, 1.165) is 10.5 Å². The SMILES string of the molecule is COc1cccc(C(=O)N(c2cccc(C)c2)[C@@H](C)N2C(=O)c3ccccc3C2=O)c1. The number of carbonyl (C=O) groups excluding carboxylic acids is 3. The second-order valence-electron chi connectivity index (χ2n) is 7.40. The van der Waals surface area contributed by atoms with Gasteiger partial charge in [-0.25, -0.2) is 0 Å². The van der Waals surface area contributed by atoms with E-state index in [4.69, 9.17) is 4.74 Å². The van der Waals surface area contributed by atoms with Crippen LogP contribution in [0.1, 0.15) is 43.6 Å². The molecule has 0 unspecified atom stereocenters. The highest BCUT2D eigenvalue weighted by atomic mass is 16.5. The molecular formula is C25H22N2O4. The molecule has 4 rings (SSSR count). The zero-order valence-corrected chi connectivity index (χ0v) is 17.5. The highest BCUT2D eigenvalue weighted by Gasteiger charge is 2.42. The molecule has 1 heterocycles. The third-order valence-corrected chi connectivity index (χ3v) is 5.39. The molecule has 0 saturated carbocycles. The third-order valence-electron chi connectivity index (χ3n) is 5.39. The second-order valence-corrected chi connectivity index (χ2v) is 7.40. The number of anilines is 1. The Morgan fingerprint density at radius 3 is 2.16 bits per heavy atom. The van der Waals surface area contributed by atoms with Crippen molar-refractivity contribution in [3.8, 4) is 5.75 Å². The van der Waals surface area contributed by atoms with Crippen LogP contribution in [0.3, 0.4) is 0 Å². The number of aryl methyl sites for hydroxylation is 1. The standard InChI is InChI=1S/C25H22N2O4/c1-16-8-6-10-19(14-16)26(23(28)18-9-7-11-20(15-18)31-3)17(2)27-24(29)21-12-4-5-13-22(21)25(27)30/h4-15,17H,1-3H3/t17-/m1/s1. The van der Waals surface area contributed by atoms with Crippen LogP contribution in [0.4, 0.5) is 5.69 Å². The van der Waals surface area contributed by atoms with Crippen LogP contribution >= 0.6 is 0 Å². The molecular weight excluding hydrogens is 392 g/mol. The van der Waals surface area contributed by atoms with Crippen molar-refractivity contribution in [1.82, 2.24) is 4.90 Å². The Bertz CT molecular complexity index is 1150. The van der Waals surface area contributed by atoms with Gasteiger partial charge in [-0.15, -0.1) is 0 Å². The van der Waals surface area contributed by atoms with Crippen molar-refractivity contribution in [2.75, 3.05) is 12.0 Å². The summed E-state index contributed by atoms with van der Waals surface area (Å²) >= 11 is 0. The van der Waals surface area contributed by atoms with Gasteiger partial charge in [0.05, 0.1) is 18.2 Å². The molecule has 1 atom stereocenters. The minimum absolute atomic E-state index is 0.339. The van der Waals surface area contributed by atoms with Gasteiger partial charge in [0.15, 0.2) is 0 Å². The lowest BCUT2D eigenvalue weighted by molar-refractivity contribution is 0.0587. The fraction of sp³-hybridized carbons (Fsp3) is 0.160. The molecule has 0 fully saturated rings. The predicted octanol–water partition coefficient (Wildman–Crippen LogP) is 4.29. The van der Waals surface area contributed by atoms with Crippen LogP contribution in [0, 0.1) is 6.92 Å². The highest BCUT2D eigenvalue weighted by Crippen LogP contribution is 2.30. The van der Waals surface area contributed by atoms with E-state index in [-0.39, 0.29) is 5.91 Å². The van der Waals surface area contributed by atoms with Gasteiger partial charge >= 0.3 is 0 Å². The van der Waals surface area contributed by atoms with E-state index in [0.29, 0.717) is 28.1 Å². The molecule has 156 valence electrons. The van der Waals surface area contributed by atoms with Crippen molar-refractivity contribution in [2.24, 2.45) is 0 Å². The van der Waals surface area contributed by atoms with Crippen LogP contribution in [-0.2, 0) is 0 Å². The summed E-state index contributed by atoms with van der Waals surface area (Å²) < 4.78 is 5.26. The maximum absolute atomic E-state index is 13.6. The fourth-order valence-corrected chi connectivity index (χ4v) is 3.84. The lowest BCUT2D eigenvalue weighted by atomic mass is 10.1. The van der Waals surface area contributed by atoms with Crippen molar-refractivity contribution in [3.05, 3.63) is 95.1 Å². The molecule has 0 N–H and O–H groups in total. The van der Waals surface area contributed by atoms with Crippen LogP contribution in [0.5, 0.6) is 5.75 Å². The molecule has 0 saturated heterocycles. The van der Waals surface area contributed by atoms with Gasteiger partial charge in [-0.3, -0.25) is 24.2 Å².